The summed E-state index contributed by atoms with van der Waals surface area (Å²) in [6.45, 7) is 0. The van der Waals surface area contributed by atoms with Crippen molar-refractivity contribution < 1.29 is 5.11 Å². The number of aliphatic hydroxyl groups is 1. The SMILES string of the molecule is N#CC1(C(O)c2ccc(Br)c(Br)c2)CCCCCC1. The number of hydrogen-bond acceptors (Lipinski definition) is 2. The lowest BCUT2D eigenvalue weighted by atomic mass is 9.74. The Morgan fingerprint density at radius 1 is 1.11 bits per heavy atom. The number of hydrogen-bond donors (Lipinski definition) is 1. The maximum atomic E-state index is 10.7. The molecule has 1 fully saturated rings. The number of nitrogens with zero attached hydrogens (tertiary/aromatic N) is 1. The summed E-state index contributed by atoms with van der Waals surface area (Å²) in [4.78, 5) is 0. The first-order valence-corrected chi connectivity index (χ1v) is 8.22. The number of nitriles is 1. The molecule has 1 saturated carbocycles. The van der Waals surface area contributed by atoms with Crippen molar-refractivity contribution in [2.75, 3.05) is 0 Å². The van der Waals surface area contributed by atoms with Crippen LogP contribution in [-0.2, 0) is 0 Å². The number of rotatable bonds is 2. The fraction of sp³-hybridized carbons (Fsp3) is 0.533. The van der Waals surface area contributed by atoms with E-state index in [1.807, 2.05) is 18.2 Å². The van der Waals surface area contributed by atoms with Gasteiger partial charge in [0.1, 0.15) is 0 Å². The van der Waals surface area contributed by atoms with Crippen LogP contribution in [0.15, 0.2) is 27.1 Å². The molecular formula is C15H17Br2NO. The Morgan fingerprint density at radius 3 is 2.26 bits per heavy atom. The molecule has 2 nitrogen and oxygen atoms in total. The second-order valence-corrected chi connectivity index (χ2v) is 6.97. The zero-order chi connectivity index (χ0) is 13.9. The van der Waals surface area contributed by atoms with Gasteiger partial charge in [0.05, 0.1) is 17.6 Å². The van der Waals surface area contributed by atoms with Gasteiger partial charge in [-0.3, -0.25) is 0 Å². The van der Waals surface area contributed by atoms with E-state index in [-0.39, 0.29) is 0 Å². The zero-order valence-electron chi connectivity index (χ0n) is 10.7. The average Bonchev–Trinajstić information content (AvgIpc) is 2.67. The second-order valence-electron chi connectivity index (χ2n) is 5.26. The normalized spacial score (nSPS) is 20.3. The Hall–Kier alpha value is -0.370. The highest BCUT2D eigenvalue weighted by Crippen LogP contribution is 2.45. The molecule has 102 valence electrons. The molecule has 2 rings (SSSR count). The van der Waals surface area contributed by atoms with Gasteiger partial charge >= 0.3 is 0 Å². The summed E-state index contributed by atoms with van der Waals surface area (Å²) in [7, 11) is 0. The van der Waals surface area contributed by atoms with Crippen molar-refractivity contribution in [2.24, 2.45) is 5.41 Å². The summed E-state index contributed by atoms with van der Waals surface area (Å²) < 4.78 is 1.86. The van der Waals surface area contributed by atoms with E-state index in [1.165, 1.54) is 12.8 Å². The minimum atomic E-state index is -0.708. The van der Waals surface area contributed by atoms with Gasteiger partial charge < -0.3 is 5.11 Å². The van der Waals surface area contributed by atoms with Crippen LogP contribution in [0.1, 0.15) is 50.2 Å². The Balaban J connectivity index is 2.31. The molecular weight excluding hydrogens is 370 g/mol. The van der Waals surface area contributed by atoms with E-state index in [9.17, 15) is 10.4 Å². The van der Waals surface area contributed by atoms with Crippen LogP contribution >= 0.6 is 31.9 Å². The van der Waals surface area contributed by atoms with Gasteiger partial charge in [0.15, 0.2) is 0 Å². The molecule has 1 aromatic rings. The molecule has 1 unspecified atom stereocenters. The van der Waals surface area contributed by atoms with Gasteiger partial charge in [-0.05, 0) is 62.4 Å². The van der Waals surface area contributed by atoms with E-state index in [4.69, 9.17) is 0 Å². The Kier molecular flexibility index (Phi) is 5.05. The molecule has 1 aliphatic carbocycles. The van der Waals surface area contributed by atoms with Crippen molar-refractivity contribution in [3.63, 3.8) is 0 Å². The van der Waals surface area contributed by atoms with E-state index < -0.39 is 11.5 Å². The van der Waals surface area contributed by atoms with Crippen LogP contribution in [0.5, 0.6) is 0 Å². The van der Waals surface area contributed by atoms with Crippen LogP contribution in [0.25, 0.3) is 0 Å². The second kappa shape index (κ2) is 6.39. The Morgan fingerprint density at radius 2 is 1.74 bits per heavy atom. The lowest BCUT2D eigenvalue weighted by Crippen LogP contribution is -2.27. The fourth-order valence-electron chi connectivity index (χ4n) is 2.81. The van der Waals surface area contributed by atoms with Crippen LogP contribution in [-0.4, -0.2) is 5.11 Å². The fourth-order valence-corrected chi connectivity index (χ4v) is 3.45. The minimum absolute atomic E-state index is 0.621. The summed E-state index contributed by atoms with van der Waals surface area (Å²) >= 11 is 6.88. The smallest absolute Gasteiger partial charge is 0.0976 e. The minimum Gasteiger partial charge on any atom is -0.387 e. The molecule has 4 heteroatoms. The van der Waals surface area contributed by atoms with Gasteiger partial charge in [0.25, 0.3) is 0 Å². The van der Waals surface area contributed by atoms with Crippen molar-refractivity contribution in [1.29, 1.82) is 5.26 Å². The lowest BCUT2D eigenvalue weighted by Gasteiger charge is -2.31. The van der Waals surface area contributed by atoms with Crippen LogP contribution in [0.3, 0.4) is 0 Å². The van der Waals surface area contributed by atoms with Crippen molar-refractivity contribution in [2.45, 2.75) is 44.6 Å². The van der Waals surface area contributed by atoms with Crippen LogP contribution < -0.4 is 0 Å². The molecule has 0 spiro atoms. The number of halogens is 2. The Bertz CT molecular complexity index is 487. The van der Waals surface area contributed by atoms with Gasteiger partial charge in [0, 0.05) is 8.95 Å². The third-order valence-corrected chi connectivity index (χ3v) is 5.88. The molecule has 19 heavy (non-hydrogen) atoms. The lowest BCUT2D eigenvalue weighted by molar-refractivity contribution is 0.0516. The van der Waals surface area contributed by atoms with Crippen LogP contribution in [0, 0.1) is 16.7 Å². The molecule has 0 aromatic heterocycles. The van der Waals surface area contributed by atoms with E-state index >= 15 is 0 Å². The summed E-state index contributed by atoms with van der Waals surface area (Å²) in [5.74, 6) is 0. The standard InChI is InChI=1S/C15H17Br2NO/c16-12-6-5-11(9-13(12)17)14(19)15(10-18)7-3-1-2-4-8-15/h5-6,9,14,19H,1-4,7-8H2. The summed E-state index contributed by atoms with van der Waals surface area (Å²) in [6, 6.07) is 8.11. The molecule has 0 radical (unpaired) electrons. The monoisotopic (exact) mass is 385 g/mol. The van der Waals surface area contributed by atoms with E-state index in [2.05, 4.69) is 37.9 Å². The molecule has 0 saturated heterocycles. The van der Waals surface area contributed by atoms with Crippen LogP contribution in [0.2, 0.25) is 0 Å². The molecule has 1 N–H and O–H groups in total. The highest BCUT2D eigenvalue weighted by molar-refractivity contribution is 9.13. The first-order valence-electron chi connectivity index (χ1n) is 6.63. The van der Waals surface area contributed by atoms with Gasteiger partial charge in [-0.2, -0.15) is 5.26 Å². The first kappa shape index (κ1) is 15.0. The van der Waals surface area contributed by atoms with Gasteiger partial charge in [0.2, 0.25) is 0 Å². The number of benzene rings is 1. The van der Waals surface area contributed by atoms with Crippen molar-refractivity contribution in [3.8, 4) is 6.07 Å². The quantitative estimate of drug-likeness (QED) is 0.717. The molecule has 0 bridgehead atoms. The predicted octanol–water partition coefficient (Wildman–Crippen LogP) is 5.11. The predicted molar refractivity (Wildman–Crippen MR) is 82.5 cm³/mol. The first-order chi connectivity index (χ1) is 9.09. The maximum absolute atomic E-state index is 10.7. The maximum Gasteiger partial charge on any atom is 0.0976 e. The topological polar surface area (TPSA) is 44.0 Å². The molecule has 0 heterocycles. The summed E-state index contributed by atoms with van der Waals surface area (Å²) in [5, 5.41) is 20.3. The molecule has 1 aliphatic rings. The van der Waals surface area contributed by atoms with E-state index in [1.54, 1.807) is 0 Å². The summed E-state index contributed by atoms with van der Waals surface area (Å²) in [5.41, 5.74) is 0.197. The highest BCUT2D eigenvalue weighted by atomic mass is 79.9. The highest BCUT2D eigenvalue weighted by Gasteiger charge is 2.39. The number of aliphatic hydroxyl groups excluding tert-OH is 1. The largest absolute Gasteiger partial charge is 0.387 e. The van der Waals surface area contributed by atoms with Gasteiger partial charge in [-0.1, -0.05) is 31.7 Å². The van der Waals surface area contributed by atoms with E-state index in [0.717, 1.165) is 40.2 Å². The average molecular weight is 387 g/mol. The third kappa shape index (κ3) is 3.21. The molecule has 1 aromatic carbocycles. The Labute approximate surface area is 131 Å². The van der Waals surface area contributed by atoms with Crippen molar-refractivity contribution in [3.05, 3.63) is 32.7 Å². The molecule has 1 atom stereocenters. The molecule has 0 amide bonds. The van der Waals surface area contributed by atoms with Crippen LogP contribution in [0.4, 0.5) is 0 Å². The van der Waals surface area contributed by atoms with Gasteiger partial charge in [-0.15, -0.1) is 0 Å². The zero-order valence-corrected chi connectivity index (χ0v) is 13.9. The molecule has 0 aliphatic heterocycles. The summed E-state index contributed by atoms with van der Waals surface area (Å²) in [6.07, 6.45) is 5.27. The van der Waals surface area contributed by atoms with Gasteiger partial charge in [-0.25, -0.2) is 0 Å². The third-order valence-electron chi connectivity index (χ3n) is 4.00. The van der Waals surface area contributed by atoms with Crippen molar-refractivity contribution >= 4 is 31.9 Å². The van der Waals surface area contributed by atoms with E-state index in [0.29, 0.717) is 0 Å². The van der Waals surface area contributed by atoms with Crippen molar-refractivity contribution in [1.82, 2.24) is 0 Å².